The van der Waals surface area contributed by atoms with E-state index in [1.807, 2.05) is 20.0 Å². The molecule has 1 heterocycles. The normalized spacial score (nSPS) is 11.8. The number of likely N-dealkylation sites (N-methyl/N-ethyl adjacent to an activating group) is 1. The molecule has 0 aliphatic carbocycles. The van der Waals surface area contributed by atoms with Crippen LogP contribution in [0.3, 0.4) is 0 Å². The van der Waals surface area contributed by atoms with Crippen LogP contribution < -0.4 is 10.6 Å². The van der Waals surface area contributed by atoms with Crippen LogP contribution in [-0.2, 0) is 6.42 Å². The second-order valence-electron chi connectivity index (χ2n) is 4.34. The Morgan fingerprint density at radius 1 is 1.50 bits per heavy atom. The van der Waals surface area contributed by atoms with Crippen molar-refractivity contribution in [2.24, 2.45) is 0 Å². The summed E-state index contributed by atoms with van der Waals surface area (Å²) in [5.74, 6) is 0.0440. The number of amides is 1. The summed E-state index contributed by atoms with van der Waals surface area (Å²) in [6.45, 7) is 6.95. The molecule has 1 rings (SSSR count). The number of thiophene rings is 1. The van der Waals surface area contributed by atoms with Gasteiger partial charge in [0, 0.05) is 17.5 Å². The molecule has 0 aromatic carbocycles. The molecule has 18 heavy (non-hydrogen) atoms. The molecule has 0 aliphatic heterocycles. The van der Waals surface area contributed by atoms with E-state index in [0.717, 1.165) is 17.7 Å². The van der Waals surface area contributed by atoms with E-state index in [0.29, 0.717) is 12.6 Å². The number of rotatable bonds is 6. The predicted molar refractivity (Wildman–Crippen MR) is 81.2 cm³/mol. The molecule has 5 heteroatoms. The van der Waals surface area contributed by atoms with E-state index in [2.05, 4.69) is 24.5 Å². The van der Waals surface area contributed by atoms with E-state index in [-0.39, 0.29) is 18.3 Å². The highest BCUT2D eigenvalue weighted by Crippen LogP contribution is 2.22. The number of nitrogens with one attached hydrogen (secondary N) is 2. The van der Waals surface area contributed by atoms with Gasteiger partial charge in [-0.1, -0.05) is 13.3 Å². The maximum atomic E-state index is 11.9. The Kier molecular flexibility index (Phi) is 8.24. The lowest BCUT2D eigenvalue weighted by Gasteiger charge is -2.10. The first-order valence-corrected chi connectivity index (χ1v) is 6.94. The van der Waals surface area contributed by atoms with Gasteiger partial charge in [0.05, 0.1) is 4.88 Å². The second-order valence-corrected chi connectivity index (χ2v) is 5.60. The molecule has 0 bridgehead atoms. The van der Waals surface area contributed by atoms with Crippen molar-refractivity contribution < 1.29 is 4.79 Å². The Morgan fingerprint density at radius 2 is 2.17 bits per heavy atom. The summed E-state index contributed by atoms with van der Waals surface area (Å²) in [5, 5.41) is 6.04. The highest BCUT2D eigenvalue weighted by Gasteiger charge is 2.12. The van der Waals surface area contributed by atoms with Gasteiger partial charge in [0.25, 0.3) is 5.91 Å². The monoisotopic (exact) mass is 290 g/mol. The highest BCUT2D eigenvalue weighted by atomic mass is 35.5. The summed E-state index contributed by atoms with van der Waals surface area (Å²) in [7, 11) is 1.89. The first-order valence-electron chi connectivity index (χ1n) is 6.13. The van der Waals surface area contributed by atoms with Crippen LogP contribution in [0.2, 0.25) is 0 Å². The smallest absolute Gasteiger partial charge is 0.261 e. The molecule has 0 aliphatic rings. The Morgan fingerprint density at radius 3 is 2.72 bits per heavy atom. The van der Waals surface area contributed by atoms with Crippen molar-refractivity contribution in [1.82, 2.24) is 10.6 Å². The fourth-order valence-corrected chi connectivity index (χ4v) is 2.57. The molecule has 1 aromatic heterocycles. The molecule has 0 fully saturated rings. The van der Waals surface area contributed by atoms with Gasteiger partial charge in [0.2, 0.25) is 0 Å². The van der Waals surface area contributed by atoms with Gasteiger partial charge >= 0.3 is 0 Å². The maximum Gasteiger partial charge on any atom is 0.261 e. The van der Waals surface area contributed by atoms with Gasteiger partial charge < -0.3 is 10.6 Å². The van der Waals surface area contributed by atoms with Crippen molar-refractivity contribution in [3.8, 4) is 0 Å². The first-order chi connectivity index (χ1) is 8.08. The third-order valence-electron chi connectivity index (χ3n) is 2.83. The zero-order valence-electron chi connectivity index (χ0n) is 11.5. The molecule has 1 unspecified atom stereocenters. The fourth-order valence-electron chi connectivity index (χ4n) is 1.58. The van der Waals surface area contributed by atoms with Crippen molar-refractivity contribution in [3.05, 3.63) is 21.4 Å². The van der Waals surface area contributed by atoms with Gasteiger partial charge in [-0.3, -0.25) is 4.79 Å². The molecule has 104 valence electrons. The molecule has 0 radical (unpaired) electrons. The lowest BCUT2D eigenvalue weighted by Crippen LogP contribution is -2.36. The molecule has 3 nitrogen and oxygen atoms in total. The van der Waals surface area contributed by atoms with Gasteiger partial charge in [-0.2, -0.15) is 0 Å². The van der Waals surface area contributed by atoms with Crippen molar-refractivity contribution >= 4 is 29.7 Å². The van der Waals surface area contributed by atoms with Crippen LogP contribution in [0.25, 0.3) is 0 Å². The van der Waals surface area contributed by atoms with E-state index in [4.69, 9.17) is 0 Å². The summed E-state index contributed by atoms with van der Waals surface area (Å²) in [5.41, 5.74) is 1.31. The third kappa shape index (κ3) is 4.96. The van der Waals surface area contributed by atoms with Gasteiger partial charge in [-0.05, 0) is 38.9 Å². The molecular weight excluding hydrogens is 268 g/mol. The number of carbonyl (C=O) groups excluding carboxylic acids is 1. The Bertz CT molecular complexity index is 379. The van der Waals surface area contributed by atoms with E-state index in [1.54, 1.807) is 11.3 Å². The molecule has 1 atom stereocenters. The average Bonchev–Trinajstić information content (AvgIpc) is 2.68. The van der Waals surface area contributed by atoms with Crippen LogP contribution in [0.1, 0.15) is 40.4 Å². The Balaban J connectivity index is 0.00000289. The molecule has 1 aromatic rings. The molecule has 0 saturated carbocycles. The fraction of sp³-hybridized carbons (Fsp3) is 0.615. The minimum atomic E-state index is 0. The Hall–Kier alpha value is -0.580. The van der Waals surface area contributed by atoms with Gasteiger partial charge in [-0.25, -0.2) is 0 Å². The van der Waals surface area contributed by atoms with E-state index < -0.39 is 0 Å². The standard InChI is InChI=1S/C13H22N2OS.ClH/c1-5-6-11-7-12(17-10(11)3)13(16)15-8-9(2)14-4;/h7,9,14H,5-6,8H2,1-4H3,(H,15,16);1H. The Labute approximate surface area is 120 Å². The first kappa shape index (κ1) is 17.4. The average molecular weight is 291 g/mol. The van der Waals surface area contributed by atoms with E-state index >= 15 is 0 Å². The molecule has 1 amide bonds. The second kappa shape index (κ2) is 8.51. The van der Waals surface area contributed by atoms with Crippen LogP contribution in [-0.4, -0.2) is 25.5 Å². The van der Waals surface area contributed by atoms with Crippen molar-refractivity contribution in [1.29, 1.82) is 0 Å². The SMILES string of the molecule is CCCc1cc(C(=O)NCC(C)NC)sc1C.Cl. The lowest BCUT2D eigenvalue weighted by atomic mass is 10.1. The number of carbonyl (C=O) groups is 1. The number of hydrogen-bond donors (Lipinski definition) is 2. The van der Waals surface area contributed by atoms with Crippen molar-refractivity contribution in [2.75, 3.05) is 13.6 Å². The third-order valence-corrected chi connectivity index (χ3v) is 3.92. The summed E-state index contributed by atoms with van der Waals surface area (Å²) < 4.78 is 0. The van der Waals surface area contributed by atoms with Gasteiger partial charge in [0.1, 0.15) is 0 Å². The number of halogens is 1. The van der Waals surface area contributed by atoms with E-state index in [1.165, 1.54) is 10.4 Å². The summed E-state index contributed by atoms with van der Waals surface area (Å²) >= 11 is 1.59. The van der Waals surface area contributed by atoms with E-state index in [9.17, 15) is 4.79 Å². The highest BCUT2D eigenvalue weighted by molar-refractivity contribution is 7.14. The van der Waals surface area contributed by atoms with Gasteiger partial charge in [-0.15, -0.1) is 23.7 Å². The van der Waals surface area contributed by atoms with Crippen LogP contribution in [0, 0.1) is 6.92 Å². The minimum Gasteiger partial charge on any atom is -0.350 e. The van der Waals surface area contributed by atoms with Crippen LogP contribution in [0.15, 0.2) is 6.07 Å². The zero-order chi connectivity index (χ0) is 12.8. The largest absolute Gasteiger partial charge is 0.350 e. The van der Waals surface area contributed by atoms with Crippen LogP contribution in [0.4, 0.5) is 0 Å². The summed E-state index contributed by atoms with van der Waals surface area (Å²) in [4.78, 5) is 14.0. The zero-order valence-corrected chi connectivity index (χ0v) is 13.1. The van der Waals surface area contributed by atoms with Crippen molar-refractivity contribution in [3.63, 3.8) is 0 Å². The molecule has 0 spiro atoms. The summed E-state index contributed by atoms with van der Waals surface area (Å²) in [6, 6.07) is 2.33. The molecule has 2 N–H and O–H groups in total. The minimum absolute atomic E-state index is 0. The van der Waals surface area contributed by atoms with Gasteiger partial charge in [0.15, 0.2) is 0 Å². The van der Waals surface area contributed by atoms with Crippen LogP contribution in [0.5, 0.6) is 0 Å². The van der Waals surface area contributed by atoms with Crippen molar-refractivity contribution in [2.45, 2.75) is 39.7 Å². The number of aryl methyl sites for hydroxylation is 2. The quantitative estimate of drug-likeness (QED) is 0.846. The summed E-state index contributed by atoms with van der Waals surface area (Å²) in [6.07, 6.45) is 2.18. The topological polar surface area (TPSA) is 41.1 Å². The lowest BCUT2D eigenvalue weighted by molar-refractivity contribution is 0.0954. The molecule has 0 saturated heterocycles. The maximum absolute atomic E-state index is 11.9. The number of hydrogen-bond acceptors (Lipinski definition) is 3. The van der Waals surface area contributed by atoms with Crippen LogP contribution >= 0.6 is 23.7 Å². The molecular formula is C13H23ClN2OS. The predicted octanol–water partition coefficient (Wildman–Crippen LogP) is 2.77.